The topological polar surface area (TPSA) is 77.8 Å². The van der Waals surface area contributed by atoms with Gasteiger partial charge in [-0.25, -0.2) is 0 Å². The van der Waals surface area contributed by atoms with Crippen molar-refractivity contribution < 1.29 is 4.52 Å². The molecule has 0 fully saturated rings. The quantitative estimate of drug-likeness (QED) is 0.892. The predicted molar refractivity (Wildman–Crippen MR) is 72.2 cm³/mol. The van der Waals surface area contributed by atoms with Gasteiger partial charge in [0.05, 0.1) is 6.04 Å². The summed E-state index contributed by atoms with van der Waals surface area (Å²) in [7, 11) is 0. The number of aromatic nitrogens is 3. The maximum atomic E-state index is 5.98. The fourth-order valence-corrected chi connectivity index (χ4v) is 2.06. The minimum absolute atomic E-state index is 0.206. The largest absolute Gasteiger partial charge is 0.337 e. The number of rotatable bonds is 5. The van der Waals surface area contributed by atoms with Gasteiger partial charge in [-0.3, -0.25) is 4.98 Å². The van der Waals surface area contributed by atoms with E-state index < -0.39 is 0 Å². The minimum atomic E-state index is -0.206. The molecule has 2 aromatic heterocycles. The van der Waals surface area contributed by atoms with E-state index in [0.717, 1.165) is 23.4 Å². The lowest BCUT2D eigenvalue weighted by atomic mass is 10.2. The zero-order chi connectivity index (χ0) is 13.0. The molecule has 2 N–H and O–H groups in total. The molecule has 1 unspecified atom stereocenters. The van der Waals surface area contributed by atoms with Gasteiger partial charge in [-0.1, -0.05) is 11.2 Å². The summed E-state index contributed by atoms with van der Waals surface area (Å²) in [5.41, 5.74) is 7.74. The Morgan fingerprint density at radius 1 is 1.50 bits per heavy atom. The van der Waals surface area contributed by atoms with Crippen LogP contribution in [-0.2, 0) is 0 Å². The van der Waals surface area contributed by atoms with Crippen LogP contribution in [0.5, 0.6) is 0 Å². The van der Waals surface area contributed by atoms with Crippen molar-refractivity contribution in [2.45, 2.75) is 19.4 Å². The normalized spacial score (nSPS) is 12.6. The summed E-state index contributed by atoms with van der Waals surface area (Å²) < 4.78 is 5.20. The van der Waals surface area contributed by atoms with E-state index in [-0.39, 0.29) is 6.04 Å². The zero-order valence-electron chi connectivity index (χ0n) is 10.5. The van der Waals surface area contributed by atoms with Gasteiger partial charge in [0.15, 0.2) is 0 Å². The molecule has 0 amide bonds. The number of thioether (sulfide) groups is 1. The third kappa shape index (κ3) is 2.88. The summed E-state index contributed by atoms with van der Waals surface area (Å²) in [6, 6.07) is 3.64. The van der Waals surface area contributed by atoms with E-state index in [1.54, 1.807) is 18.0 Å². The number of aryl methyl sites for hydroxylation is 1. The van der Waals surface area contributed by atoms with Gasteiger partial charge in [0.25, 0.3) is 0 Å². The highest BCUT2D eigenvalue weighted by atomic mass is 32.2. The molecule has 2 rings (SSSR count). The molecule has 0 aliphatic heterocycles. The van der Waals surface area contributed by atoms with Gasteiger partial charge in [-0.05, 0) is 37.0 Å². The molecule has 18 heavy (non-hydrogen) atoms. The predicted octanol–water partition coefficient (Wildman–Crippen LogP) is 2.19. The molecule has 0 aliphatic carbocycles. The van der Waals surface area contributed by atoms with Crippen molar-refractivity contribution in [3.63, 3.8) is 0 Å². The third-order valence-electron chi connectivity index (χ3n) is 2.61. The lowest BCUT2D eigenvalue weighted by Gasteiger charge is -2.03. The van der Waals surface area contributed by atoms with Gasteiger partial charge in [0, 0.05) is 6.20 Å². The Morgan fingerprint density at radius 3 is 3.06 bits per heavy atom. The molecule has 0 saturated heterocycles. The number of hydrogen-bond acceptors (Lipinski definition) is 6. The van der Waals surface area contributed by atoms with Gasteiger partial charge in [-0.2, -0.15) is 16.7 Å². The van der Waals surface area contributed by atoms with E-state index in [4.69, 9.17) is 10.3 Å². The highest BCUT2D eigenvalue weighted by molar-refractivity contribution is 7.98. The van der Waals surface area contributed by atoms with Crippen molar-refractivity contribution in [1.82, 2.24) is 15.1 Å². The molecule has 0 saturated carbocycles. The average molecular weight is 264 g/mol. The van der Waals surface area contributed by atoms with E-state index >= 15 is 0 Å². The first-order valence-corrected chi connectivity index (χ1v) is 7.12. The van der Waals surface area contributed by atoms with E-state index in [2.05, 4.69) is 15.1 Å². The summed E-state index contributed by atoms with van der Waals surface area (Å²) in [6.07, 6.45) is 4.58. The Kier molecular flexibility index (Phi) is 4.33. The van der Waals surface area contributed by atoms with Crippen molar-refractivity contribution >= 4 is 11.8 Å². The molecule has 0 aliphatic rings. The Labute approximate surface area is 110 Å². The molecule has 0 spiro atoms. The van der Waals surface area contributed by atoms with Crippen LogP contribution < -0.4 is 5.73 Å². The summed E-state index contributed by atoms with van der Waals surface area (Å²) >= 11 is 1.75. The van der Waals surface area contributed by atoms with Crippen molar-refractivity contribution in [1.29, 1.82) is 0 Å². The van der Waals surface area contributed by atoms with Crippen LogP contribution in [0, 0.1) is 6.92 Å². The van der Waals surface area contributed by atoms with Crippen LogP contribution in [0.3, 0.4) is 0 Å². The van der Waals surface area contributed by atoms with Gasteiger partial charge in [-0.15, -0.1) is 0 Å². The summed E-state index contributed by atoms with van der Waals surface area (Å²) in [5.74, 6) is 1.95. The van der Waals surface area contributed by atoms with Gasteiger partial charge >= 0.3 is 0 Å². The molecular formula is C12H16N4OS. The van der Waals surface area contributed by atoms with Crippen LogP contribution in [0.15, 0.2) is 22.9 Å². The molecule has 0 aromatic carbocycles. The molecule has 6 heteroatoms. The Bertz CT molecular complexity index is 514. The molecular weight excluding hydrogens is 248 g/mol. The van der Waals surface area contributed by atoms with Crippen molar-refractivity contribution in [3.8, 4) is 11.5 Å². The van der Waals surface area contributed by atoms with Crippen molar-refractivity contribution in [2.75, 3.05) is 12.0 Å². The van der Waals surface area contributed by atoms with Crippen LogP contribution in [0.25, 0.3) is 11.5 Å². The van der Waals surface area contributed by atoms with Crippen LogP contribution in [0.1, 0.15) is 23.9 Å². The maximum Gasteiger partial charge on any atom is 0.243 e. The summed E-state index contributed by atoms with van der Waals surface area (Å²) in [6.45, 7) is 1.96. The second-order valence-electron chi connectivity index (χ2n) is 4.01. The SMILES string of the molecule is CSCCC(N)c1nc(-c2ncccc2C)no1. The third-order valence-corrected chi connectivity index (χ3v) is 3.26. The second-order valence-corrected chi connectivity index (χ2v) is 5.00. The first-order valence-electron chi connectivity index (χ1n) is 5.72. The monoisotopic (exact) mass is 264 g/mol. The second kappa shape index (κ2) is 5.97. The van der Waals surface area contributed by atoms with E-state index in [9.17, 15) is 0 Å². The van der Waals surface area contributed by atoms with Crippen LogP contribution in [-0.4, -0.2) is 27.1 Å². The Morgan fingerprint density at radius 2 is 2.33 bits per heavy atom. The first-order chi connectivity index (χ1) is 8.72. The lowest BCUT2D eigenvalue weighted by Crippen LogP contribution is -2.11. The van der Waals surface area contributed by atoms with Crippen LogP contribution in [0.4, 0.5) is 0 Å². The van der Waals surface area contributed by atoms with E-state index in [1.807, 2.05) is 25.3 Å². The van der Waals surface area contributed by atoms with Crippen molar-refractivity contribution in [3.05, 3.63) is 29.8 Å². The van der Waals surface area contributed by atoms with Gasteiger partial charge < -0.3 is 10.3 Å². The number of pyridine rings is 1. The fraction of sp³-hybridized carbons (Fsp3) is 0.417. The summed E-state index contributed by atoms with van der Waals surface area (Å²) in [5, 5.41) is 3.94. The van der Waals surface area contributed by atoms with Crippen LogP contribution >= 0.6 is 11.8 Å². The Balaban J connectivity index is 2.18. The zero-order valence-corrected chi connectivity index (χ0v) is 11.3. The molecule has 0 bridgehead atoms. The Hall–Kier alpha value is -1.40. The molecule has 2 heterocycles. The van der Waals surface area contributed by atoms with Crippen LogP contribution in [0.2, 0.25) is 0 Å². The first kappa shape index (κ1) is 13.0. The number of nitrogens with two attached hydrogens (primary N) is 1. The average Bonchev–Trinajstić information content (AvgIpc) is 2.86. The fourth-order valence-electron chi connectivity index (χ4n) is 1.57. The van der Waals surface area contributed by atoms with Gasteiger partial charge in [0.1, 0.15) is 5.69 Å². The van der Waals surface area contributed by atoms with E-state index in [0.29, 0.717) is 11.7 Å². The maximum absolute atomic E-state index is 5.98. The highest BCUT2D eigenvalue weighted by Crippen LogP contribution is 2.20. The molecule has 0 radical (unpaired) electrons. The summed E-state index contributed by atoms with van der Waals surface area (Å²) in [4.78, 5) is 8.57. The molecule has 96 valence electrons. The lowest BCUT2D eigenvalue weighted by molar-refractivity contribution is 0.353. The van der Waals surface area contributed by atoms with Gasteiger partial charge in [0.2, 0.25) is 11.7 Å². The highest BCUT2D eigenvalue weighted by Gasteiger charge is 2.16. The smallest absolute Gasteiger partial charge is 0.243 e. The molecule has 1 atom stereocenters. The molecule has 2 aromatic rings. The van der Waals surface area contributed by atoms with E-state index in [1.165, 1.54) is 0 Å². The number of hydrogen-bond donors (Lipinski definition) is 1. The standard InChI is InChI=1S/C12H16N4OS/c1-8-4-3-6-14-10(8)11-15-12(17-16-11)9(13)5-7-18-2/h3-4,6,9H,5,7,13H2,1-2H3. The van der Waals surface area contributed by atoms with Crippen molar-refractivity contribution in [2.24, 2.45) is 5.73 Å². The number of nitrogens with zero attached hydrogens (tertiary/aromatic N) is 3. The molecule has 5 nitrogen and oxygen atoms in total. The minimum Gasteiger partial charge on any atom is -0.337 e.